The van der Waals surface area contributed by atoms with Crippen molar-refractivity contribution in [3.63, 3.8) is 0 Å². The lowest BCUT2D eigenvalue weighted by Crippen LogP contribution is -2.44. The molecule has 0 fully saturated rings. The van der Waals surface area contributed by atoms with E-state index >= 15 is 0 Å². The third-order valence-electron chi connectivity index (χ3n) is 3.75. The lowest BCUT2D eigenvalue weighted by molar-refractivity contribution is 0.138. The summed E-state index contributed by atoms with van der Waals surface area (Å²) in [6.45, 7) is 3.08. The lowest BCUT2D eigenvalue weighted by Gasteiger charge is -2.27. The van der Waals surface area contributed by atoms with Gasteiger partial charge < -0.3 is 5.11 Å². The molecule has 0 spiro atoms. The number of thiazole rings is 1. The van der Waals surface area contributed by atoms with Gasteiger partial charge in [0.2, 0.25) is 0 Å². The van der Waals surface area contributed by atoms with Gasteiger partial charge in [-0.3, -0.25) is 0 Å². The zero-order valence-electron chi connectivity index (χ0n) is 12.3. The summed E-state index contributed by atoms with van der Waals surface area (Å²) < 4.78 is 22.3. The molecule has 0 radical (unpaired) electrons. The molecular formula is C15H19NO3S2. The molecule has 21 heavy (non-hydrogen) atoms. The van der Waals surface area contributed by atoms with E-state index < -0.39 is 20.7 Å². The molecule has 4 nitrogen and oxygen atoms in total. The van der Waals surface area contributed by atoms with Crippen LogP contribution < -0.4 is 0 Å². The molecule has 2 aromatic rings. The highest BCUT2D eigenvalue weighted by molar-refractivity contribution is 7.92. The number of hydrogen-bond acceptors (Lipinski definition) is 5. The largest absolute Gasteiger partial charge is 0.391 e. The minimum Gasteiger partial charge on any atom is -0.391 e. The SMILES string of the molecule is CC(C)(C(O)Cc1nc(-c2ccccc2)cs1)S(C)(=O)=O. The van der Waals surface area contributed by atoms with Crippen molar-refractivity contribution in [3.8, 4) is 11.3 Å². The van der Waals surface area contributed by atoms with Gasteiger partial charge >= 0.3 is 0 Å². The van der Waals surface area contributed by atoms with Crippen molar-refractivity contribution >= 4 is 21.2 Å². The smallest absolute Gasteiger partial charge is 0.155 e. The van der Waals surface area contributed by atoms with Crippen LogP contribution in [0.2, 0.25) is 0 Å². The maximum atomic E-state index is 11.7. The number of sulfone groups is 1. The molecule has 0 aliphatic heterocycles. The van der Waals surface area contributed by atoms with Gasteiger partial charge in [0, 0.05) is 23.6 Å². The minimum atomic E-state index is -3.34. The number of rotatable bonds is 5. The summed E-state index contributed by atoms with van der Waals surface area (Å²) in [6, 6.07) is 9.76. The van der Waals surface area contributed by atoms with E-state index in [0.29, 0.717) is 0 Å². The zero-order chi connectivity index (χ0) is 15.7. The fraction of sp³-hybridized carbons (Fsp3) is 0.400. The van der Waals surface area contributed by atoms with Gasteiger partial charge in [-0.15, -0.1) is 11.3 Å². The predicted octanol–water partition coefficient (Wildman–Crippen LogP) is 2.54. The lowest BCUT2D eigenvalue weighted by atomic mass is 10.0. The number of benzene rings is 1. The molecule has 1 unspecified atom stereocenters. The van der Waals surface area contributed by atoms with Crippen molar-refractivity contribution < 1.29 is 13.5 Å². The Balaban J connectivity index is 2.17. The molecule has 0 aliphatic carbocycles. The minimum absolute atomic E-state index is 0.234. The van der Waals surface area contributed by atoms with Crippen LogP contribution in [-0.2, 0) is 16.3 Å². The Bertz CT molecular complexity index is 706. The van der Waals surface area contributed by atoms with Crippen molar-refractivity contribution in [2.45, 2.75) is 31.1 Å². The van der Waals surface area contributed by atoms with Gasteiger partial charge in [-0.25, -0.2) is 13.4 Å². The first kappa shape index (κ1) is 16.1. The van der Waals surface area contributed by atoms with Crippen LogP contribution >= 0.6 is 11.3 Å². The molecule has 1 heterocycles. The highest BCUT2D eigenvalue weighted by atomic mass is 32.2. The van der Waals surface area contributed by atoms with Crippen molar-refractivity contribution in [2.24, 2.45) is 0 Å². The van der Waals surface area contributed by atoms with E-state index in [9.17, 15) is 13.5 Å². The fourth-order valence-electron chi connectivity index (χ4n) is 1.80. The first-order chi connectivity index (χ1) is 9.72. The van der Waals surface area contributed by atoms with Crippen LogP contribution in [0, 0.1) is 0 Å². The summed E-state index contributed by atoms with van der Waals surface area (Å²) in [5.41, 5.74) is 1.86. The fourth-order valence-corrected chi connectivity index (χ4v) is 3.22. The number of aliphatic hydroxyl groups excluding tert-OH is 1. The maximum Gasteiger partial charge on any atom is 0.155 e. The van der Waals surface area contributed by atoms with Gasteiger partial charge in [0.25, 0.3) is 0 Å². The second-order valence-electron chi connectivity index (χ2n) is 5.59. The van der Waals surface area contributed by atoms with E-state index in [1.54, 1.807) is 13.8 Å². The molecule has 0 saturated heterocycles. The Labute approximate surface area is 129 Å². The number of hydrogen-bond donors (Lipinski definition) is 1. The highest BCUT2D eigenvalue weighted by Gasteiger charge is 2.38. The van der Waals surface area contributed by atoms with Crippen molar-refractivity contribution in [3.05, 3.63) is 40.7 Å². The number of aliphatic hydroxyl groups is 1. The predicted molar refractivity (Wildman–Crippen MR) is 86.2 cm³/mol. The molecule has 0 aliphatic rings. The van der Waals surface area contributed by atoms with E-state index in [1.807, 2.05) is 35.7 Å². The summed E-state index contributed by atoms with van der Waals surface area (Å²) in [6.07, 6.45) is 0.396. The Morgan fingerprint density at radius 3 is 2.48 bits per heavy atom. The van der Waals surface area contributed by atoms with Crippen molar-refractivity contribution in [1.29, 1.82) is 0 Å². The monoisotopic (exact) mass is 325 g/mol. The number of aromatic nitrogens is 1. The third kappa shape index (κ3) is 3.51. The van der Waals surface area contributed by atoms with E-state index in [2.05, 4.69) is 4.98 Å². The second kappa shape index (κ2) is 5.87. The van der Waals surface area contributed by atoms with Crippen LogP contribution in [0.15, 0.2) is 35.7 Å². The average Bonchev–Trinajstić information content (AvgIpc) is 2.87. The van der Waals surface area contributed by atoms with E-state index in [0.717, 1.165) is 22.5 Å². The molecule has 1 aromatic carbocycles. The molecular weight excluding hydrogens is 306 g/mol. The van der Waals surface area contributed by atoms with Crippen LogP contribution in [0.25, 0.3) is 11.3 Å². The van der Waals surface area contributed by atoms with E-state index in [4.69, 9.17) is 0 Å². The highest BCUT2D eigenvalue weighted by Crippen LogP contribution is 2.26. The third-order valence-corrected chi connectivity index (χ3v) is 6.80. The first-order valence-corrected chi connectivity index (χ1v) is 9.36. The Hall–Kier alpha value is -1.24. The van der Waals surface area contributed by atoms with Gasteiger partial charge in [-0.1, -0.05) is 30.3 Å². The summed E-state index contributed by atoms with van der Waals surface area (Å²) >= 11 is 1.43. The molecule has 0 bridgehead atoms. The molecule has 1 atom stereocenters. The average molecular weight is 325 g/mol. The molecule has 1 aromatic heterocycles. The van der Waals surface area contributed by atoms with E-state index in [1.165, 1.54) is 11.3 Å². The van der Waals surface area contributed by atoms with Gasteiger partial charge in [0.05, 0.1) is 21.6 Å². The molecule has 0 saturated carbocycles. The Morgan fingerprint density at radius 2 is 1.90 bits per heavy atom. The van der Waals surface area contributed by atoms with Gasteiger partial charge in [0.15, 0.2) is 9.84 Å². The Kier molecular flexibility index (Phi) is 4.51. The van der Waals surface area contributed by atoms with Crippen LogP contribution in [-0.4, -0.2) is 35.6 Å². The van der Waals surface area contributed by atoms with Gasteiger partial charge in [0.1, 0.15) is 0 Å². The molecule has 1 N–H and O–H groups in total. The van der Waals surface area contributed by atoms with Crippen molar-refractivity contribution in [1.82, 2.24) is 4.98 Å². The van der Waals surface area contributed by atoms with Crippen LogP contribution in [0.1, 0.15) is 18.9 Å². The standard InChI is InChI=1S/C15H19NO3S2/c1-15(2,21(3,18)19)13(17)9-14-16-12(10-20-14)11-7-5-4-6-8-11/h4-8,10,13,17H,9H2,1-3H3. The molecule has 0 amide bonds. The number of nitrogens with zero attached hydrogens (tertiary/aromatic N) is 1. The molecule has 6 heteroatoms. The Morgan fingerprint density at radius 1 is 1.29 bits per heavy atom. The van der Waals surface area contributed by atoms with Crippen LogP contribution in [0.3, 0.4) is 0 Å². The van der Waals surface area contributed by atoms with Crippen molar-refractivity contribution in [2.75, 3.05) is 6.26 Å². The summed E-state index contributed by atoms with van der Waals surface area (Å²) in [5.74, 6) is 0. The maximum absolute atomic E-state index is 11.7. The zero-order valence-corrected chi connectivity index (χ0v) is 13.9. The normalized spacial score (nSPS) is 14.1. The molecule has 114 valence electrons. The quantitative estimate of drug-likeness (QED) is 0.917. The molecule has 2 rings (SSSR count). The summed E-state index contributed by atoms with van der Waals surface area (Å²) in [4.78, 5) is 4.48. The first-order valence-electron chi connectivity index (χ1n) is 6.59. The topological polar surface area (TPSA) is 67.3 Å². The summed E-state index contributed by atoms with van der Waals surface area (Å²) in [7, 11) is -3.34. The van der Waals surface area contributed by atoms with Crippen LogP contribution in [0.5, 0.6) is 0 Å². The van der Waals surface area contributed by atoms with Gasteiger partial charge in [-0.2, -0.15) is 0 Å². The summed E-state index contributed by atoms with van der Waals surface area (Å²) in [5, 5.41) is 12.9. The second-order valence-corrected chi connectivity index (χ2v) is 9.13. The van der Waals surface area contributed by atoms with Crippen LogP contribution in [0.4, 0.5) is 0 Å². The van der Waals surface area contributed by atoms with E-state index in [-0.39, 0.29) is 6.42 Å². The van der Waals surface area contributed by atoms with Gasteiger partial charge in [-0.05, 0) is 13.8 Å².